The standard InChI is InChI=1S/C32H28ClN5O3/c33-27-19-28-30(35-29(27)23-6-9-24(10-7-23)37-14-16-40-17-15-37)36-32(34-28)41-25-11-8-22-12-13-38(31(39)26(22)18-25)20-21-4-2-1-3-5-21/h1-11,18-19H,12-17,20H2,(H,34,35,36). The molecule has 0 aliphatic carbocycles. The zero-order chi connectivity index (χ0) is 27.8. The first-order valence-corrected chi connectivity index (χ1v) is 14.1. The normalized spacial score (nSPS) is 15.3. The van der Waals surface area contributed by atoms with E-state index in [2.05, 4.69) is 27.0 Å². The molecule has 2 aromatic heterocycles. The van der Waals surface area contributed by atoms with Gasteiger partial charge in [0, 0.05) is 43.0 Å². The number of carbonyl (C=O) groups is 1. The first-order valence-electron chi connectivity index (χ1n) is 13.7. The average molecular weight is 566 g/mol. The fourth-order valence-corrected chi connectivity index (χ4v) is 5.69. The minimum atomic E-state index is 0.00267. The summed E-state index contributed by atoms with van der Waals surface area (Å²) < 4.78 is 11.5. The Morgan fingerprint density at radius 3 is 2.54 bits per heavy atom. The molecular weight excluding hydrogens is 538 g/mol. The van der Waals surface area contributed by atoms with Crippen LogP contribution in [0.25, 0.3) is 22.4 Å². The van der Waals surface area contributed by atoms with E-state index in [0.29, 0.717) is 46.3 Å². The maximum absolute atomic E-state index is 13.3. The molecule has 0 spiro atoms. The van der Waals surface area contributed by atoms with Crippen LogP contribution >= 0.6 is 11.6 Å². The van der Waals surface area contributed by atoms with Crippen LogP contribution in [0.1, 0.15) is 21.5 Å². The van der Waals surface area contributed by atoms with Crippen LogP contribution in [0.5, 0.6) is 11.8 Å². The molecule has 41 heavy (non-hydrogen) atoms. The number of nitrogens with zero attached hydrogens (tertiary/aromatic N) is 4. The van der Waals surface area contributed by atoms with Crippen LogP contribution in [0, 0.1) is 0 Å². The van der Waals surface area contributed by atoms with Crippen molar-refractivity contribution in [2.24, 2.45) is 0 Å². The van der Waals surface area contributed by atoms with Gasteiger partial charge in [-0.15, -0.1) is 0 Å². The minimum Gasteiger partial charge on any atom is -0.426 e. The van der Waals surface area contributed by atoms with Gasteiger partial charge in [-0.05, 0) is 47.9 Å². The molecule has 7 rings (SSSR count). The van der Waals surface area contributed by atoms with Crippen LogP contribution in [0.2, 0.25) is 5.02 Å². The number of hydrogen-bond acceptors (Lipinski definition) is 6. The number of hydrogen-bond donors (Lipinski definition) is 1. The van der Waals surface area contributed by atoms with Crippen LogP contribution in [-0.2, 0) is 17.7 Å². The third-order valence-electron chi connectivity index (χ3n) is 7.60. The van der Waals surface area contributed by atoms with Crippen LogP contribution in [-0.4, -0.2) is 58.6 Å². The molecule has 2 aliphatic heterocycles. The number of nitrogens with one attached hydrogen (secondary N) is 1. The number of aromatic amines is 1. The Labute approximate surface area is 242 Å². The molecule has 0 bridgehead atoms. The van der Waals surface area contributed by atoms with Crippen molar-refractivity contribution >= 4 is 34.4 Å². The molecule has 2 aliphatic rings. The number of ether oxygens (including phenoxy) is 2. The molecule has 0 atom stereocenters. The fraction of sp³-hybridized carbons (Fsp3) is 0.219. The number of rotatable bonds is 6. The molecule has 8 nitrogen and oxygen atoms in total. The molecule has 4 heterocycles. The van der Waals surface area contributed by atoms with Crippen molar-refractivity contribution in [2.45, 2.75) is 13.0 Å². The average Bonchev–Trinajstić information content (AvgIpc) is 3.40. The maximum Gasteiger partial charge on any atom is 0.301 e. The highest BCUT2D eigenvalue weighted by Gasteiger charge is 2.25. The van der Waals surface area contributed by atoms with E-state index >= 15 is 0 Å². The van der Waals surface area contributed by atoms with Gasteiger partial charge in [0.2, 0.25) is 0 Å². The summed E-state index contributed by atoms with van der Waals surface area (Å²) in [6.45, 7) is 4.51. The lowest BCUT2D eigenvalue weighted by molar-refractivity contribution is 0.0726. The van der Waals surface area contributed by atoms with E-state index in [0.717, 1.165) is 55.1 Å². The van der Waals surface area contributed by atoms with Gasteiger partial charge in [-0.2, -0.15) is 4.98 Å². The second kappa shape index (κ2) is 10.9. The zero-order valence-electron chi connectivity index (χ0n) is 22.3. The first-order chi connectivity index (χ1) is 20.1. The Hall–Kier alpha value is -4.40. The molecule has 9 heteroatoms. The predicted octanol–water partition coefficient (Wildman–Crippen LogP) is 6.11. The maximum atomic E-state index is 13.3. The van der Waals surface area contributed by atoms with Crippen LogP contribution in [0.15, 0.2) is 78.9 Å². The highest BCUT2D eigenvalue weighted by molar-refractivity contribution is 6.33. The van der Waals surface area contributed by atoms with Crippen molar-refractivity contribution in [3.8, 4) is 23.0 Å². The molecule has 0 saturated carbocycles. The summed E-state index contributed by atoms with van der Waals surface area (Å²) in [5, 5.41) is 0.518. The number of carbonyl (C=O) groups excluding carboxylic acids is 1. The highest BCUT2D eigenvalue weighted by atomic mass is 35.5. The molecule has 1 amide bonds. The summed E-state index contributed by atoms with van der Waals surface area (Å²) >= 11 is 6.64. The van der Waals surface area contributed by atoms with Gasteiger partial charge >= 0.3 is 6.01 Å². The van der Waals surface area contributed by atoms with Crippen molar-refractivity contribution < 1.29 is 14.3 Å². The van der Waals surface area contributed by atoms with Gasteiger partial charge in [-0.3, -0.25) is 4.79 Å². The van der Waals surface area contributed by atoms with E-state index in [-0.39, 0.29) is 11.9 Å². The molecule has 0 unspecified atom stereocenters. The third kappa shape index (κ3) is 5.24. The number of amides is 1. The molecule has 0 radical (unpaired) electrons. The van der Waals surface area contributed by atoms with Crippen molar-refractivity contribution in [1.29, 1.82) is 0 Å². The van der Waals surface area contributed by atoms with Gasteiger partial charge in [0.25, 0.3) is 5.91 Å². The van der Waals surface area contributed by atoms with Gasteiger partial charge < -0.3 is 24.3 Å². The monoisotopic (exact) mass is 565 g/mol. The number of fused-ring (bicyclic) bond motifs is 2. The van der Waals surface area contributed by atoms with Crippen molar-refractivity contribution in [3.05, 3.63) is 101 Å². The van der Waals surface area contributed by atoms with Crippen molar-refractivity contribution in [1.82, 2.24) is 19.9 Å². The van der Waals surface area contributed by atoms with Gasteiger partial charge in [0.15, 0.2) is 5.65 Å². The Balaban J connectivity index is 1.10. The van der Waals surface area contributed by atoms with Crippen LogP contribution in [0.3, 0.4) is 0 Å². The molecular formula is C32H28ClN5O3. The van der Waals surface area contributed by atoms with Gasteiger partial charge in [-0.1, -0.05) is 60.1 Å². The molecule has 3 aromatic carbocycles. The lowest BCUT2D eigenvalue weighted by Gasteiger charge is -2.29. The number of H-pyrrole nitrogens is 1. The Kier molecular flexibility index (Phi) is 6.78. The van der Waals surface area contributed by atoms with E-state index in [1.165, 1.54) is 0 Å². The number of imidazole rings is 1. The molecule has 1 saturated heterocycles. The lowest BCUT2D eigenvalue weighted by Crippen LogP contribution is -2.37. The third-order valence-corrected chi connectivity index (χ3v) is 7.89. The van der Waals surface area contributed by atoms with Crippen LogP contribution < -0.4 is 9.64 Å². The summed E-state index contributed by atoms with van der Waals surface area (Å²) in [6, 6.07) is 26.0. The smallest absolute Gasteiger partial charge is 0.301 e. The lowest BCUT2D eigenvalue weighted by atomic mass is 9.98. The minimum absolute atomic E-state index is 0.00267. The number of halogens is 1. The summed E-state index contributed by atoms with van der Waals surface area (Å²) in [5.74, 6) is 0.533. The number of aromatic nitrogens is 3. The summed E-state index contributed by atoms with van der Waals surface area (Å²) in [7, 11) is 0. The summed E-state index contributed by atoms with van der Waals surface area (Å²) in [6.07, 6.45) is 0.803. The molecule has 206 valence electrons. The molecule has 5 aromatic rings. The Morgan fingerprint density at radius 1 is 0.927 bits per heavy atom. The molecule has 1 N–H and O–H groups in total. The topological polar surface area (TPSA) is 83.6 Å². The van der Waals surface area contributed by atoms with E-state index in [1.54, 1.807) is 6.07 Å². The summed E-state index contributed by atoms with van der Waals surface area (Å²) in [5.41, 5.74) is 6.67. The van der Waals surface area contributed by atoms with E-state index in [4.69, 9.17) is 26.1 Å². The van der Waals surface area contributed by atoms with Gasteiger partial charge in [-0.25, -0.2) is 4.98 Å². The predicted molar refractivity (Wildman–Crippen MR) is 159 cm³/mol. The Morgan fingerprint density at radius 2 is 1.73 bits per heavy atom. The van der Waals surface area contributed by atoms with Crippen molar-refractivity contribution in [2.75, 3.05) is 37.7 Å². The fourth-order valence-electron chi connectivity index (χ4n) is 5.43. The highest BCUT2D eigenvalue weighted by Crippen LogP contribution is 2.32. The first kappa shape index (κ1) is 25.6. The summed E-state index contributed by atoms with van der Waals surface area (Å²) in [4.78, 5) is 29.9. The quantitative estimate of drug-likeness (QED) is 0.268. The van der Waals surface area contributed by atoms with Crippen LogP contribution in [0.4, 0.5) is 5.69 Å². The molecule has 1 fully saturated rings. The SMILES string of the molecule is O=C1c2cc(Oc3nc4nc(-c5ccc(N6CCOCC6)cc5)c(Cl)cc4[nH]3)ccc2CCN1Cc1ccccc1. The Bertz CT molecular complexity index is 1720. The number of pyridine rings is 1. The van der Waals surface area contributed by atoms with E-state index in [1.807, 2.05) is 65.6 Å². The number of anilines is 1. The number of morpholine rings is 1. The zero-order valence-corrected chi connectivity index (χ0v) is 23.1. The van der Waals surface area contributed by atoms with Crippen molar-refractivity contribution in [3.63, 3.8) is 0 Å². The largest absolute Gasteiger partial charge is 0.426 e. The van der Waals surface area contributed by atoms with E-state index < -0.39 is 0 Å². The van der Waals surface area contributed by atoms with Gasteiger partial charge in [0.1, 0.15) is 5.75 Å². The number of benzene rings is 3. The van der Waals surface area contributed by atoms with Gasteiger partial charge in [0.05, 0.1) is 29.4 Å². The van der Waals surface area contributed by atoms with E-state index in [9.17, 15) is 4.79 Å². The second-order valence-electron chi connectivity index (χ2n) is 10.3. The second-order valence-corrected chi connectivity index (χ2v) is 10.7.